The molecule has 0 aromatic heterocycles. The first kappa shape index (κ1) is 13.8. The molecule has 0 saturated carbocycles. The van der Waals surface area contributed by atoms with E-state index in [1.54, 1.807) is 0 Å². The number of halogens is 1. The van der Waals surface area contributed by atoms with Crippen LogP contribution in [0.15, 0.2) is 42.5 Å². The number of hydrogen-bond donors (Lipinski definition) is 1. The number of nitrogens with two attached hydrogens (primary N) is 1. The van der Waals surface area contributed by atoms with E-state index in [2.05, 4.69) is 0 Å². The van der Waals surface area contributed by atoms with Crippen LogP contribution >= 0.6 is 0 Å². The number of ether oxygens (including phenoxy) is 1. The molecular weight excluding hydrogens is 269 g/mol. The van der Waals surface area contributed by atoms with Crippen LogP contribution in [-0.4, -0.2) is 12.4 Å². The Balaban J connectivity index is 1.84. The zero-order valence-electron chi connectivity index (χ0n) is 11.5. The van der Waals surface area contributed by atoms with Gasteiger partial charge in [0.1, 0.15) is 5.82 Å². The van der Waals surface area contributed by atoms with Gasteiger partial charge in [-0.25, -0.2) is 4.39 Å². The van der Waals surface area contributed by atoms with Gasteiger partial charge in [-0.05, 0) is 35.7 Å². The number of rotatable bonds is 3. The van der Waals surface area contributed by atoms with Crippen molar-refractivity contribution < 1.29 is 13.9 Å². The van der Waals surface area contributed by atoms with Gasteiger partial charge in [0.2, 0.25) is 0 Å². The largest absolute Gasteiger partial charge is 0.398 e. The topological polar surface area (TPSA) is 52.3 Å². The average Bonchev–Trinajstić information content (AvgIpc) is 2.50. The molecule has 0 saturated heterocycles. The third kappa shape index (κ3) is 2.81. The van der Waals surface area contributed by atoms with Crippen molar-refractivity contribution in [2.45, 2.75) is 18.9 Å². The molecule has 108 valence electrons. The first-order valence-electron chi connectivity index (χ1n) is 6.93. The van der Waals surface area contributed by atoms with Gasteiger partial charge in [0.05, 0.1) is 12.7 Å². The number of carbonyl (C=O) groups excluding carboxylic acids is 1. The van der Waals surface area contributed by atoms with Gasteiger partial charge < -0.3 is 10.5 Å². The summed E-state index contributed by atoms with van der Waals surface area (Å²) in [5.41, 5.74) is 8.52. The monoisotopic (exact) mass is 285 g/mol. The molecule has 21 heavy (non-hydrogen) atoms. The zero-order chi connectivity index (χ0) is 14.8. The highest BCUT2D eigenvalue weighted by Crippen LogP contribution is 2.31. The second-order valence-electron chi connectivity index (χ2n) is 5.17. The van der Waals surface area contributed by atoms with Crippen LogP contribution in [0.2, 0.25) is 0 Å². The van der Waals surface area contributed by atoms with Crippen LogP contribution in [0.5, 0.6) is 0 Å². The minimum atomic E-state index is -0.461. The van der Waals surface area contributed by atoms with E-state index in [9.17, 15) is 9.18 Å². The van der Waals surface area contributed by atoms with E-state index >= 15 is 0 Å². The lowest BCUT2D eigenvalue weighted by atomic mass is 9.93. The van der Waals surface area contributed by atoms with Gasteiger partial charge in [0.25, 0.3) is 0 Å². The highest BCUT2D eigenvalue weighted by atomic mass is 19.1. The highest BCUT2D eigenvalue weighted by molar-refractivity contribution is 6.01. The summed E-state index contributed by atoms with van der Waals surface area (Å²) in [6.07, 6.45) is 0.735. The zero-order valence-corrected chi connectivity index (χ0v) is 11.5. The third-order valence-electron chi connectivity index (χ3n) is 3.78. The summed E-state index contributed by atoms with van der Waals surface area (Å²) < 4.78 is 19.0. The Bertz CT molecular complexity index is 684. The summed E-state index contributed by atoms with van der Waals surface area (Å²) in [5.74, 6) is -0.661. The summed E-state index contributed by atoms with van der Waals surface area (Å²) >= 11 is 0. The number of anilines is 1. The molecule has 0 fully saturated rings. The molecule has 0 radical (unpaired) electrons. The molecule has 1 aliphatic heterocycles. The minimum Gasteiger partial charge on any atom is -0.398 e. The van der Waals surface area contributed by atoms with E-state index in [4.69, 9.17) is 10.5 Å². The van der Waals surface area contributed by atoms with Crippen molar-refractivity contribution in [3.8, 4) is 0 Å². The molecule has 4 heteroatoms. The average molecular weight is 285 g/mol. The summed E-state index contributed by atoms with van der Waals surface area (Å²) in [5, 5.41) is 0. The number of fused-ring (bicyclic) bond motifs is 1. The Morgan fingerprint density at radius 1 is 1.29 bits per heavy atom. The Hall–Kier alpha value is -2.20. The van der Waals surface area contributed by atoms with Crippen molar-refractivity contribution in [3.05, 3.63) is 65.0 Å². The summed E-state index contributed by atoms with van der Waals surface area (Å²) in [7, 11) is 0. The van der Waals surface area contributed by atoms with Gasteiger partial charge in [0.15, 0.2) is 5.78 Å². The van der Waals surface area contributed by atoms with Crippen LogP contribution in [-0.2, 0) is 11.2 Å². The Morgan fingerprint density at radius 2 is 2.10 bits per heavy atom. The lowest BCUT2D eigenvalue weighted by molar-refractivity contribution is 0.0352. The summed E-state index contributed by atoms with van der Waals surface area (Å²) in [4.78, 5) is 12.4. The molecule has 1 unspecified atom stereocenters. The normalized spacial score (nSPS) is 17.3. The molecule has 1 atom stereocenters. The number of ketones is 1. The number of Topliss-reactive ketones (excluding diaryl/α,β-unsaturated/α-hetero) is 1. The molecule has 2 aromatic carbocycles. The molecule has 0 spiro atoms. The second kappa shape index (κ2) is 5.66. The SMILES string of the molecule is Nc1ccc(F)cc1C(=O)CC1OCCc2ccccc21. The van der Waals surface area contributed by atoms with E-state index in [-0.39, 0.29) is 23.9 Å². The molecule has 1 heterocycles. The standard InChI is InChI=1S/C17H16FNO2/c18-12-5-6-15(19)14(9-12)16(20)10-17-13-4-2-1-3-11(13)7-8-21-17/h1-6,9,17H,7-8,10,19H2. The molecular formula is C17H16FNO2. The third-order valence-corrected chi connectivity index (χ3v) is 3.78. The predicted molar refractivity (Wildman–Crippen MR) is 78.6 cm³/mol. The van der Waals surface area contributed by atoms with Crippen molar-refractivity contribution in [1.29, 1.82) is 0 Å². The van der Waals surface area contributed by atoms with Crippen molar-refractivity contribution in [2.24, 2.45) is 0 Å². The lowest BCUT2D eigenvalue weighted by Gasteiger charge is -2.25. The van der Waals surface area contributed by atoms with Crippen LogP contribution < -0.4 is 5.73 Å². The molecule has 3 nitrogen and oxygen atoms in total. The first-order valence-corrected chi connectivity index (χ1v) is 6.93. The molecule has 1 aliphatic rings. The smallest absolute Gasteiger partial charge is 0.167 e. The van der Waals surface area contributed by atoms with Gasteiger partial charge in [-0.3, -0.25) is 4.79 Å². The van der Waals surface area contributed by atoms with Gasteiger partial charge in [-0.1, -0.05) is 24.3 Å². The molecule has 0 amide bonds. The van der Waals surface area contributed by atoms with Crippen LogP contribution in [0.25, 0.3) is 0 Å². The van der Waals surface area contributed by atoms with Gasteiger partial charge >= 0.3 is 0 Å². The van der Waals surface area contributed by atoms with E-state index in [1.165, 1.54) is 23.8 Å². The molecule has 0 bridgehead atoms. The van der Waals surface area contributed by atoms with E-state index in [0.29, 0.717) is 12.3 Å². The summed E-state index contributed by atoms with van der Waals surface area (Å²) in [6.45, 7) is 0.591. The maximum Gasteiger partial charge on any atom is 0.167 e. The Morgan fingerprint density at radius 3 is 2.95 bits per heavy atom. The van der Waals surface area contributed by atoms with Crippen LogP contribution in [0, 0.1) is 5.82 Å². The second-order valence-corrected chi connectivity index (χ2v) is 5.17. The fraction of sp³-hybridized carbons (Fsp3) is 0.235. The fourth-order valence-corrected chi connectivity index (χ4v) is 2.69. The van der Waals surface area contributed by atoms with Crippen molar-refractivity contribution in [3.63, 3.8) is 0 Å². The van der Waals surface area contributed by atoms with E-state index < -0.39 is 5.82 Å². The van der Waals surface area contributed by atoms with Gasteiger partial charge in [-0.2, -0.15) is 0 Å². The van der Waals surface area contributed by atoms with E-state index in [0.717, 1.165) is 12.0 Å². The lowest BCUT2D eigenvalue weighted by Crippen LogP contribution is -2.19. The first-order chi connectivity index (χ1) is 10.1. The van der Waals surface area contributed by atoms with Crippen LogP contribution in [0.4, 0.5) is 10.1 Å². The predicted octanol–water partition coefficient (Wildman–Crippen LogP) is 3.29. The molecule has 0 aliphatic carbocycles. The Kier molecular flexibility index (Phi) is 3.71. The quantitative estimate of drug-likeness (QED) is 0.695. The maximum atomic E-state index is 13.3. The van der Waals surface area contributed by atoms with Gasteiger partial charge in [-0.15, -0.1) is 0 Å². The molecule has 2 aromatic rings. The van der Waals surface area contributed by atoms with Crippen molar-refractivity contribution >= 4 is 11.5 Å². The Labute approximate surface area is 122 Å². The molecule has 2 N–H and O–H groups in total. The number of benzene rings is 2. The molecule has 3 rings (SSSR count). The maximum absolute atomic E-state index is 13.3. The number of carbonyl (C=O) groups is 1. The van der Waals surface area contributed by atoms with Crippen molar-refractivity contribution in [2.75, 3.05) is 12.3 Å². The number of nitrogen functional groups attached to an aromatic ring is 1. The van der Waals surface area contributed by atoms with E-state index in [1.807, 2.05) is 24.3 Å². The fourth-order valence-electron chi connectivity index (χ4n) is 2.69. The minimum absolute atomic E-state index is 0.171. The highest BCUT2D eigenvalue weighted by Gasteiger charge is 2.24. The number of hydrogen-bond acceptors (Lipinski definition) is 3. The van der Waals surface area contributed by atoms with Gasteiger partial charge in [0, 0.05) is 17.7 Å². The summed E-state index contributed by atoms with van der Waals surface area (Å²) in [6, 6.07) is 11.8. The van der Waals surface area contributed by atoms with Crippen LogP contribution in [0.3, 0.4) is 0 Å². The van der Waals surface area contributed by atoms with Crippen molar-refractivity contribution in [1.82, 2.24) is 0 Å². The van der Waals surface area contributed by atoms with Crippen LogP contribution in [0.1, 0.15) is 34.0 Å².